The van der Waals surface area contributed by atoms with E-state index >= 15 is 0 Å². The Balaban J connectivity index is 1.96. The minimum atomic E-state index is -0.304. The van der Waals surface area contributed by atoms with Crippen LogP contribution in [0.2, 0.25) is 0 Å². The van der Waals surface area contributed by atoms with Gasteiger partial charge >= 0.3 is 0 Å². The Morgan fingerprint density at radius 3 is 2.24 bits per heavy atom. The summed E-state index contributed by atoms with van der Waals surface area (Å²) in [4.78, 5) is 24.3. The summed E-state index contributed by atoms with van der Waals surface area (Å²) in [6.07, 6.45) is 0. The number of benzene rings is 2. The van der Waals surface area contributed by atoms with Crippen LogP contribution >= 0.6 is 0 Å². The minimum absolute atomic E-state index is 0.0871. The van der Waals surface area contributed by atoms with Gasteiger partial charge in [0.2, 0.25) is 5.91 Å². The van der Waals surface area contributed by atoms with E-state index in [4.69, 9.17) is 4.74 Å². The molecule has 0 aliphatic carbocycles. The molecule has 0 atom stereocenters. The minimum Gasteiger partial charge on any atom is -0.497 e. The van der Waals surface area contributed by atoms with Crippen molar-refractivity contribution in [3.63, 3.8) is 0 Å². The van der Waals surface area contributed by atoms with Crippen LogP contribution < -0.4 is 15.4 Å². The van der Waals surface area contributed by atoms with Crippen LogP contribution in [0.5, 0.6) is 5.75 Å². The molecule has 25 heavy (non-hydrogen) atoms. The average molecular weight is 340 g/mol. The first-order valence-electron chi connectivity index (χ1n) is 8.13. The molecule has 0 bridgehead atoms. The summed E-state index contributed by atoms with van der Waals surface area (Å²) in [7, 11) is 1.56. The van der Waals surface area contributed by atoms with Gasteiger partial charge in [-0.1, -0.05) is 39.0 Å². The number of amides is 2. The van der Waals surface area contributed by atoms with Gasteiger partial charge in [-0.25, -0.2) is 0 Å². The molecule has 0 aliphatic heterocycles. The van der Waals surface area contributed by atoms with E-state index in [0.717, 1.165) is 11.3 Å². The van der Waals surface area contributed by atoms with Crippen molar-refractivity contribution in [1.82, 2.24) is 5.32 Å². The maximum absolute atomic E-state index is 12.2. The molecule has 0 aromatic heterocycles. The van der Waals surface area contributed by atoms with E-state index in [1.807, 2.05) is 24.3 Å². The van der Waals surface area contributed by atoms with Crippen LogP contribution in [0, 0.1) is 0 Å². The lowest BCUT2D eigenvalue weighted by Gasteiger charge is -2.23. The highest BCUT2D eigenvalue weighted by atomic mass is 16.5. The zero-order valence-electron chi connectivity index (χ0n) is 15.1. The number of carbonyl (C=O) groups excluding carboxylic acids is 2. The van der Waals surface area contributed by atoms with Crippen molar-refractivity contribution < 1.29 is 14.3 Å². The van der Waals surface area contributed by atoms with E-state index in [9.17, 15) is 9.59 Å². The third-order valence-corrected chi connectivity index (χ3v) is 3.77. The topological polar surface area (TPSA) is 67.4 Å². The standard InChI is InChI=1S/C20H24N2O3/c1-20(2,3)16-7-5-6-8-17(16)22-18(23)13-21-19(24)14-9-11-15(25-4)12-10-14/h5-12H,13H2,1-4H3,(H,21,24)(H,22,23). The van der Waals surface area contributed by atoms with Crippen LogP contribution in [0.4, 0.5) is 5.69 Å². The van der Waals surface area contributed by atoms with Gasteiger partial charge in [-0.15, -0.1) is 0 Å². The number of ether oxygens (including phenoxy) is 1. The molecule has 132 valence electrons. The van der Waals surface area contributed by atoms with Gasteiger partial charge in [0.05, 0.1) is 13.7 Å². The number of carbonyl (C=O) groups is 2. The second-order valence-electron chi connectivity index (χ2n) is 6.75. The molecule has 5 heteroatoms. The van der Waals surface area contributed by atoms with Gasteiger partial charge < -0.3 is 15.4 Å². The van der Waals surface area contributed by atoms with Gasteiger partial charge in [0.1, 0.15) is 5.75 Å². The van der Waals surface area contributed by atoms with Gasteiger partial charge in [0.15, 0.2) is 0 Å². The third kappa shape index (κ3) is 5.08. The van der Waals surface area contributed by atoms with E-state index in [-0.39, 0.29) is 23.8 Å². The fourth-order valence-corrected chi connectivity index (χ4v) is 2.45. The molecule has 2 amide bonds. The van der Waals surface area contributed by atoms with Crippen molar-refractivity contribution in [3.8, 4) is 5.75 Å². The molecule has 0 heterocycles. The molecule has 0 radical (unpaired) electrons. The molecular formula is C20H24N2O3. The average Bonchev–Trinajstić information content (AvgIpc) is 2.59. The molecule has 2 N–H and O–H groups in total. The van der Waals surface area contributed by atoms with Crippen LogP contribution in [-0.2, 0) is 10.2 Å². The summed E-state index contributed by atoms with van der Waals surface area (Å²) in [6, 6.07) is 14.4. The van der Waals surface area contributed by atoms with Crippen molar-refractivity contribution in [1.29, 1.82) is 0 Å². The predicted molar refractivity (Wildman–Crippen MR) is 99.1 cm³/mol. The maximum Gasteiger partial charge on any atom is 0.251 e. The first-order chi connectivity index (χ1) is 11.8. The van der Waals surface area contributed by atoms with Crippen LogP contribution in [0.25, 0.3) is 0 Å². The van der Waals surface area contributed by atoms with E-state index in [1.54, 1.807) is 31.4 Å². The number of nitrogens with one attached hydrogen (secondary N) is 2. The zero-order valence-corrected chi connectivity index (χ0v) is 15.1. The van der Waals surface area contributed by atoms with E-state index in [2.05, 4.69) is 31.4 Å². The Morgan fingerprint density at radius 2 is 1.64 bits per heavy atom. The second-order valence-corrected chi connectivity index (χ2v) is 6.75. The van der Waals surface area contributed by atoms with Gasteiger partial charge in [-0.2, -0.15) is 0 Å². The fourth-order valence-electron chi connectivity index (χ4n) is 2.45. The second kappa shape index (κ2) is 7.83. The molecule has 0 saturated heterocycles. The van der Waals surface area contributed by atoms with Gasteiger partial charge in [0, 0.05) is 11.3 Å². The Kier molecular flexibility index (Phi) is 5.80. The molecule has 0 fully saturated rings. The Hall–Kier alpha value is -2.82. The van der Waals surface area contributed by atoms with Gasteiger partial charge in [-0.05, 0) is 41.3 Å². The molecular weight excluding hydrogens is 316 g/mol. The highest BCUT2D eigenvalue weighted by molar-refractivity contribution is 5.99. The third-order valence-electron chi connectivity index (χ3n) is 3.77. The number of hydrogen-bond donors (Lipinski definition) is 2. The van der Waals surface area contributed by atoms with Crippen molar-refractivity contribution >= 4 is 17.5 Å². The van der Waals surface area contributed by atoms with E-state index < -0.39 is 0 Å². The monoisotopic (exact) mass is 340 g/mol. The molecule has 0 aliphatic rings. The van der Waals surface area contributed by atoms with Crippen molar-refractivity contribution in [2.75, 3.05) is 19.0 Å². The lowest BCUT2D eigenvalue weighted by molar-refractivity contribution is -0.115. The lowest BCUT2D eigenvalue weighted by Crippen LogP contribution is -2.33. The first kappa shape index (κ1) is 18.5. The van der Waals surface area contributed by atoms with Crippen molar-refractivity contribution in [3.05, 3.63) is 59.7 Å². The van der Waals surface area contributed by atoms with Crippen LogP contribution in [0.1, 0.15) is 36.7 Å². The Labute approximate surface area is 148 Å². The fraction of sp³-hybridized carbons (Fsp3) is 0.300. The summed E-state index contributed by atoms with van der Waals surface area (Å²) < 4.78 is 5.06. The smallest absolute Gasteiger partial charge is 0.251 e. The first-order valence-corrected chi connectivity index (χ1v) is 8.13. The maximum atomic E-state index is 12.2. The quantitative estimate of drug-likeness (QED) is 0.877. The molecule has 2 aromatic rings. The summed E-state index contributed by atoms with van der Waals surface area (Å²) in [5.41, 5.74) is 2.20. The highest BCUT2D eigenvalue weighted by Crippen LogP contribution is 2.29. The zero-order chi connectivity index (χ0) is 18.4. The molecule has 0 unspecified atom stereocenters. The molecule has 0 spiro atoms. The number of anilines is 1. The SMILES string of the molecule is COc1ccc(C(=O)NCC(=O)Nc2ccccc2C(C)(C)C)cc1. The number of rotatable bonds is 5. The van der Waals surface area contributed by atoms with Gasteiger partial charge in [0.25, 0.3) is 5.91 Å². The summed E-state index contributed by atoms with van der Waals surface area (Å²) in [5.74, 6) is 0.105. The van der Waals surface area contributed by atoms with Crippen molar-refractivity contribution in [2.45, 2.75) is 26.2 Å². The normalized spacial score (nSPS) is 10.9. The predicted octanol–water partition coefficient (Wildman–Crippen LogP) is 3.36. The summed E-state index contributed by atoms with van der Waals surface area (Å²) >= 11 is 0. The van der Waals surface area contributed by atoms with Crippen LogP contribution in [0.3, 0.4) is 0 Å². The molecule has 5 nitrogen and oxygen atoms in total. The lowest BCUT2D eigenvalue weighted by atomic mass is 9.86. The molecule has 0 saturated carbocycles. The Morgan fingerprint density at radius 1 is 1.00 bits per heavy atom. The Bertz CT molecular complexity index is 746. The van der Waals surface area contributed by atoms with E-state index in [0.29, 0.717) is 11.3 Å². The van der Waals surface area contributed by atoms with Crippen LogP contribution in [-0.4, -0.2) is 25.5 Å². The van der Waals surface area contributed by atoms with E-state index in [1.165, 1.54) is 0 Å². The largest absolute Gasteiger partial charge is 0.497 e. The molecule has 2 aromatic carbocycles. The molecule has 2 rings (SSSR count). The number of hydrogen-bond acceptors (Lipinski definition) is 3. The van der Waals surface area contributed by atoms with Gasteiger partial charge in [-0.3, -0.25) is 9.59 Å². The summed E-state index contributed by atoms with van der Waals surface area (Å²) in [5, 5.41) is 5.49. The number of para-hydroxylation sites is 1. The van der Waals surface area contributed by atoms with Crippen LogP contribution in [0.15, 0.2) is 48.5 Å². The summed E-state index contributed by atoms with van der Waals surface area (Å²) in [6.45, 7) is 6.17. The van der Waals surface area contributed by atoms with Crippen molar-refractivity contribution in [2.24, 2.45) is 0 Å². The highest BCUT2D eigenvalue weighted by Gasteiger charge is 2.18. The number of methoxy groups -OCH3 is 1.